The van der Waals surface area contributed by atoms with E-state index in [0.717, 1.165) is 11.1 Å². The normalized spacial score (nSPS) is 18.7. The molecule has 3 rings (SSSR count). The van der Waals surface area contributed by atoms with Crippen molar-refractivity contribution in [1.82, 2.24) is 4.90 Å². The van der Waals surface area contributed by atoms with Gasteiger partial charge in [0, 0.05) is 28.7 Å². The van der Waals surface area contributed by atoms with Gasteiger partial charge in [0.25, 0.3) is 0 Å². The summed E-state index contributed by atoms with van der Waals surface area (Å²) in [4.78, 5) is 14.5. The van der Waals surface area contributed by atoms with Gasteiger partial charge in [-0.15, -0.1) is 0 Å². The van der Waals surface area contributed by atoms with Crippen LogP contribution in [0.15, 0.2) is 54.6 Å². The summed E-state index contributed by atoms with van der Waals surface area (Å²) in [7, 11) is -3.11. The van der Waals surface area contributed by atoms with E-state index in [1.54, 1.807) is 29.2 Å². The van der Waals surface area contributed by atoms with E-state index in [4.69, 9.17) is 23.2 Å². The number of hydrogen-bond donors (Lipinski definition) is 0. The summed E-state index contributed by atoms with van der Waals surface area (Å²) in [5.74, 6) is -0.157. The van der Waals surface area contributed by atoms with Crippen LogP contribution in [0.1, 0.15) is 17.5 Å². The van der Waals surface area contributed by atoms with Crippen molar-refractivity contribution in [2.75, 3.05) is 11.5 Å². The van der Waals surface area contributed by atoms with Crippen molar-refractivity contribution in [3.63, 3.8) is 0 Å². The molecule has 0 aliphatic carbocycles. The van der Waals surface area contributed by atoms with E-state index in [0.29, 0.717) is 16.5 Å². The number of halogens is 2. The van der Waals surface area contributed by atoms with Crippen molar-refractivity contribution in [2.45, 2.75) is 19.0 Å². The van der Waals surface area contributed by atoms with Crippen LogP contribution in [0.2, 0.25) is 10.0 Å². The van der Waals surface area contributed by atoms with Crippen LogP contribution in [-0.2, 0) is 21.2 Å². The molecule has 2 aromatic carbocycles. The van der Waals surface area contributed by atoms with Gasteiger partial charge in [-0.2, -0.15) is 0 Å². The van der Waals surface area contributed by atoms with Crippen molar-refractivity contribution in [1.29, 1.82) is 0 Å². The summed E-state index contributed by atoms with van der Waals surface area (Å²) >= 11 is 12.1. The Kier molecular flexibility index (Phi) is 6.25. The maximum Gasteiger partial charge on any atom is 0.247 e. The van der Waals surface area contributed by atoms with Gasteiger partial charge in [0.05, 0.1) is 11.5 Å². The van der Waals surface area contributed by atoms with Crippen LogP contribution < -0.4 is 0 Å². The lowest BCUT2D eigenvalue weighted by Crippen LogP contribution is -2.39. The highest BCUT2D eigenvalue weighted by Crippen LogP contribution is 2.24. The molecule has 1 aliphatic heterocycles. The largest absolute Gasteiger partial charge is 0.331 e. The average molecular weight is 424 g/mol. The Hall–Kier alpha value is -1.82. The predicted molar refractivity (Wildman–Crippen MR) is 110 cm³/mol. The summed E-state index contributed by atoms with van der Waals surface area (Å²) < 4.78 is 23.8. The molecule has 0 aromatic heterocycles. The minimum Gasteiger partial charge on any atom is -0.331 e. The van der Waals surface area contributed by atoms with Crippen molar-refractivity contribution in [2.24, 2.45) is 0 Å². The Balaban J connectivity index is 1.83. The van der Waals surface area contributed by atoms with Crippen molar-refractivity contribution in [3.05, 3.63) is 75.8 Å². The molecule has 1 amide bonds. The lowest BCUT2D eigenvalue weighted by atomic mass is 10.1. The first-order valence-electron chi connectivity index (χ1n) is 8.52. The standard InChI is InChI=1S/C20H19Cl2NO3S/c21-17-8-5-15(6-9-17)7-10-20(24)23(18-11-12-27(25,26)14-18)13-16-3-1-2-4-19(16)22/h1-10,18H,11-14H2/b10-7+. The first-order chi connectivity index (χ1) is 12.8. The molecule has 4 nitrogen and oxygen atoms in total. The molecule has 27 heavy (non-hydrogen) atoms. The van der Waals surface area contributed by atoms with E-state index in [1.165, 1.54) is 6.08 Å². The highest BCUT2D eigenvalue weighted by molar-refractivity contribution is 7.91. The van der Waals surface area contributed by atoms with Crippen LogP contribution in [0.25, 0.3) is 6.08 Å². The highest BCUT2D eigenvalue weighted by Gasteiger charge is 2.34. The van der Waals surface area contributed by atoms with Gasteiger partial charge in [0.2, 0.25) is 5.91 Å². The van der Waals surface area contributed by atoms with Gasteiger partial charge < -0.3 is 4.90 Å². The molecule has 0 N–H and O–H groups in total. The Morgan fingerprint density at radius 1 is 1.11 bits per heavy atom. The molecule has 1 saturated heterocycles. The van der Waals surface area contributed by atoms with Crippen LogP contribution in [0, 0.1) is 0 Å². The molecule has 1 unspecified atom stereocenters. The molecule has 1 aliphatic rings. The van der Waals surface area contributed by atoms with Crippen LogP contribution in [0.5, 0.6) is 0 Å². The number of carbonyl (C=O) groups is 1. The van der Waals surface area contributed by atoms with Crippen molar-refractivity contribution < 1.29 is 13.2 Å². The number of benzene rings is 2. The second-order valence-electron chi connectivity index (χ2n) is 6.50. The van der Waals surface area contributed by atoms with Crippen molar-refractivity contribution >= 4 is 45.0 Å². The Morgan fingerprint density at radius 2 is 1.81 bits per heavy atom. The molecule has 1 atom stereocenters. The second kappa shape index (κ2) is 8.46. The van der Waals surface area contributed by atoms with Crippen LogP contribution in [0.4, 0.5) is 0 Å². The van der Waals surface area contributed by atoms with E-state index in [-0.39, 0.29) is 30.0 Å². The average Bonchev–Trinajstić information content (AvgIpc) is 3.00. The van der Waals surface area contributed by atoms with Gasteiger partial charge in [-0.1, -0.05) is 53.5 Å². The monoisotopic (exact) mass is 423 g/mol. The summed E-state index contributed by atoms with van der Waals surface area (Å²) in [6, 6.07) is 14.0. The molecule has 0 bridgehead atoms. The molecule has 1 heterocycles. The first kappa shape index (κ1) is 19.9. The van der Waals surface area contributed by atoms with Crippen LogP contribution >= 0.6 is 23.2 Å². The number of carbonyl (C=O) groups excluding carboxylic acids is 1. The molecular formula is C20H19Cl2NO3S. The molecule has 7 heteroatoms. The van der Waals surface area contributed by atoms with E-state index in [2.05, 4.69) is 0 Å². The maximum atomic E-state index is 12.9. The Bertz CT molecular complexity index is 955. The summed E-state index contributed by atoms with van der Waals surface area (Å²) in [5.41, 5.74) is 1.63. The van der Waals surface area contributed by atoms with Crippen molar-refractivity contribution in [3.8, 4) is 0 Å². The molecular weight excluding hydrogens is 405 g/mol. The van der Waals surface area contributed by atoms with Gasteiger partial charge in [-0.25, -0.2) is 8.42 Å². The predicted octanol–water partition coefficient (Wildman–Crippen LogP) is 4.22. The van der Waals surface area contributed by atoms with Crippen LogP contribution in [-0.4, -0.2) is 36.8 Å². The SMILES string of the molecule is O=C(/C=C/c1ccc(Cl)cc1)N(Cc1ccccc1Cl)C1CCS(=O)(=O)C1. The fourth-order valence-corrected chi connectivity index (χ4v) is 5.11. The zero-order valence-corrected chi connectivity index (χ0v) is 16.8. The van der Waals surface area contributed by atoms with Crippen LogP contribution in [0.3, 0.4) is 0 Å². The lowest BCUT2D eigenvalue weighted by molar-refractivity contribution is -0.128. The second-order valence-corrected chi connectivity index (χ2v) is 9.57. The lowest BCUT2D eigenvalue weighted by Gasteiger charge is -2.27. The minimum absolute atomic E-state index is 0.0159. The van der Waals surface area contributed by atoms with E-state index >= 15 is 0 Å². The fourth-order valence-electron chi connectivity index (χ4n) is 3.06. The minimum atomic E-state index is -3.11. The third kappa shape index (κ3) is 5.34. The van der Waals surface area contributed by atoms with Gasteiger partial charge in [-0.05, 0) is 41.8 Å². The third-order valence-corrected chi connectivity index (χ3v) is 6.89. The molecule has 1 fully saturated rings. The number of hydrogen-bond acceptors (Lipinski definition) is 3. The molecule has 0 radical (unpaired) electrons. The molecule has 0 spiro atoms. The fraction of sp³-hybridized carbons (Fsp3) is 0.250. The topological polar surface area (TPSA) is 54.5 Å². The van der Waals surface area contributed by atoms with Gasteiger partial charge in [0.1, 0.15) is 0 Å². The van der Waals surface area contributed by atoms with E-state index in [9.17, 15) is 13.2 Å². The zero-order chi connectivity index (χ0) is 19.4. The summed E-state index contributed by atoms with van der Waals surface area (Å²) in [6.07, 6.45) is 3.60. The summed E-state index contributed by atoms with van der Waals surface area (Å²) in [5, 5.41) is 1.17. The number of rotatable bonds is 5. The summed E-state index contributed by atoms with van der Waals surface area (Å²) in [6.45, 7) is 0.268. The quantitative estimate of drug-likeness (QED) is 0.676. The number of amides is 1. The van der Waals surface area contributed by atoms with E-state index < -0.39 is 9.84 Å². The molecule has 0 saturated carbocycles. The number of nitrogens with zero attached hydrogens (tertiary/aromatic N) is 1. The molecule has 2 aromatic rings. The van der Waals surface area contributed by atoms with Gasteiger partial charge in [-0.3, -0.25) is 4.79 Å². The highest BCUT2D eigenvalue weighted by atomic mass is 35.5. The smallest absolute Gasteiger partial charge is 0.247 e. The first-order valence-corrected chi connectivity index (χ1v) is 11.1. The maximum absolute atomic E-state index is 12.9. The van der Waals surface area contributed by atoms with E-state index in [1.807, 2.05) is 30.3 Å². The van der Waals surface area contributed by atoms with Gasteiger partial charge >= 0.3 is 0 Å². The number of sulfone groups is 1. The Morgan fingerprint density at radius 3 is 2.44 bits per heavy atom. The zero-order valence-electron chi connectivity index (χ0n) is 14.5. The van der Waals surface area contributed by atoms with Gasteiger partial charge in [0.15, 0.2) is 9.84 Å². The molecule has 142 valence electrons. The Labute approximate surface area is 169 Å². The third-order valence-electron chi connectivity index (χ3n) is 4.52.